The number of hydrogen-bond donors (Lipinski definition) is 1. The first-order valence-corrected chi connectivity index (χ1v) is 9.50. The first kappa shape index (κ1) is 17.7. The Balaban J connectivity index is 1.77. The fraction of sp³-hybridized carbons (Fsp3) is 0.167. The lowest BCUT2D eigenvalue weighted by atomic mass is 10.1. The summed E-state index contributed by atoms with van der Waals surface area (Å²) < 4.78 is 32.9. The monoisotopic (exact) mass is 376 g/mol. The van der Waals surface area contributed by atoms with Gasteiger partial charge in [0.2, 0.25) is 15.9 Å². The second kappa shape index (κ2) is 7.00. The molecule has 0 fully saturated rings. The molecule has 1 heterocycles. The molecule has 25 heavy (non-hydrogen) atoms. The quantitative estimate of drug-likeness (QED) is 0.727. The second-order valence-corrected chi connectivity index (χ2v) is 7.87. The third-order valence-corrected chi connectivity index (χ3v) is 5.41. The van der Waals surface area contributed by atoms with Gasteiger partial charge in [-0.2, -0.15) is 0 Å². The molecule has 1 N–H and O–H groups in total. The van der Waals surface area contributed by atoms with Gasteiger partial charge in [-0.05, 0) is 50.2 Å². The number of oxazole rings is 1. The number of nitrogens with zero attached hydrogens (tertiary/aromatic N) is 1. The largest absolute Gasteiger partial charge is 0.441 e. The Kier molecular flexibility index (Phi) is 4.94. The minimum Gasteiger partial charge on any atom is -0.441 e. The topological polar surface area (TPSA) is 72.2 Å². The van der Waals surface area contributed by atoms with Crippen molar-refractivity contribution in [3.05, 3.63) is 70.6 Å². The third-order valence-electron chi connectivity index (χ3n) is 3.74. The van der Waals surface area contributed by atoms with Crippen molar-refractivity contribution in [3.63, 3.8) is 0 Å². The van der Waals surface area contributed by atoms with E-state index < -0.39 is 10.0 Å². The maximum atomic E-state index is 12.3. The van der Waals surface area contributed by atoms with Crippen molar-refractivity contribution in [1.82, 2.24) is 9.71 Å². The number of benzene rings is 2. The van der Waals surface area contributed by atoms with E-state index in [1.54, 1.807) is 6.92 Å². The Morgan fingerprint density at radius 2 is 1.68 bits per heavy atom. The van der Waals surface area contributed by atoms with Crippen molar-refractivity contribution in [2.24, 2.45) is 0 Å². The van der Waals surface area contributed by atoms with Crippen LogP contribution in [-0.2, 0) is 16.6 Å². The number of nitrogens with one attached hydrogen (secondary N) is 1. The molecule has 7 heteroatoms. The van der Waals surface area contributed by atoms with E-state index in [9.17, 15) is 8.42 Å². The van der Waals surface area contributed by atoms with E-state index in [-0.39, 0.29) is 11.4 Å². The highest BCUT2D eigenvalue weighted by Crippen LogP contribution is 2.22. The normalized spacial score (nSPS) is 11.6. The van der Waals surface area contributed by atoms with Gasteiger partial charge in [0.1, 0.15) is 5.76 Å². The smallest absolute Gasteiger partial charge is 0.240 e. The molecule has 5 nitrogen and oxygen atoms in total. The molecule has 0 radical (unpaired) electrons. The second-order valence-electron chi connectivity index (χ2n) is 5.67. The predicted molar refractivity (Wildman–Crippen MR) is 96.9 cm³/mol. The number of halogens is 1. The van der Waals surface area contributed by atoms with Crippen LogP contribution in [0.25, 0.3) is 11.5 Å². The van der Waals surface area contributed by atoms with Crippen molar-refractivity contribution in [1.29, 1.82) is 0 Å². The Hall–Kier alpha value is -2.15. The molecule has 2 aromatic carbocycles. The molecule has 3 rings (SSSR count). The lowest BCUT2D eigenvalue weighted by Crippen LogP contribution is -2.23. The number of rotatable bonds is 5. The summed E-state index contributed by atoms with van der Waals surface area (Å²) in [5.41, 5.74) is 2.54. The summed E-state index contributed by atoms with van der Waals surface area (Å²) in [7, 11) is -3.64. The van der Waals surface area contributed by atoms with Crippen LogP contribution in [0.3, 0.4) is 0 Å². The van der Waals surface area contributed by atoms with Crippen molar-refractivity contribution < 1.29 is 12.8 Å². The molecule has 0 aliphatic heterocycles. The summed E-state index contributed by atoms with van der Waals surface area (Å²) >= 11 is 5.79. The van der Waals surface area contributed by atoms with E-state index >= 15 is 0 Å². The van der Waals surface area contributed by atoms with Crippen molar-refractivity contribution in [2.75, 3.05) is 0 Å². The van der Waals surface area contributed by atoms with Gasteiger partial charge < -0.3 is 4.42 Å². The molecule has 130 valence electrons. The molecular formula is C18H17ClN2O3S. The lowest BCUT2D eigenvalue weighted by Gasteiger charge is -2.05. The summed E-state index contributed by atoms with van der Waals surface area (Å²) in [6.07, 6.45) is 0. The van der Waals surface area contributed by atoms with E-state index in [1.165, 1.54) is 24.3 Å². The van der Waals surface area contributed by atoms with Crippen LogP contribution in [0.1, 0.15) is 17.0 Å². The molecule has 0 amide bonds. The van der Waals surface area contributed by atoms with Gasteiger partial charge >= 0.3 is 0 Å². The summed E-state index contributed by atoms with van der Waals surface area (Å²) in [6, 6.07) is 13.8. The van der Waals surface area contributed by atoms with Crippen LogP contribution < -0.4 is 4.72 Å². The summed E-state index contributed by atoms with van der Waals surface area (Å²) in [5.74, 6) is 1.05. The highest BCUT2D eigenvalue weighted by molar-refractivity contribution is 7.89. The first-order chi connectivity index (χ1) is 11.8. The van der Waals surface area contributed by atoms with Gasteiger partial charge in [0.05, 0.1) is 17.1 Å². The van der Waals surface area contributed by atoms with Gasteiger partial charge in [-0.3, -0.25) is 0 Å². The average Bonchev–Trinajstić information content (AvgIpc) is 2.95. The van der Waals surface area contributed by atoms with Crippen LogP contribution in [0.5, 0.6) is 0 Å². The molecule has 0 aliphatic carbocycles. The molecule has 0 saturated heterocycles. The molecule has 0 spiro atoms. The number of hydrogen-bond acceptors (Lipinski definition) is 4. The molecular weight excluding hydrogens is 360 g/mol. The zero-order valence-corrected chi connectivity index (χ0v) is 15.4. The van der Waals surface area contributed by atoms with E-state index in [0.717, 1.165) is 11.1 Å². The molecule has 0 saturated carbocycles. The molecule has 1 aromatic heterocycles. The standard InChI is InChI=1S/C18H17ClN2O3S/c1-12-3-5-14(6-4-12)18-21-17(13(2)24-18)11-20-25(22,23)16-9-7-15(19)8-10-16/h3-10,20H,11H2,1-2H3. The minimum absolute atomic E-state index is 0.0478. The van der Waals surface area contributed by atoms with Gasteiger partial charge in [0.25, 0.3) is 0 Å². The molecule has 3 aromatic rings. The van der Waals surface area contributed by atoms with Crippen LogP contribution in [0, 0.1) is 13.8 Å². The van der Waals surface area contributed by atoms with Crippen LogP contribution >= 0.6 is 11.6 Å². The molecule has 0 bridgehead atoms. The van der Waals surface area contributed by atoms with E-state index in [1.807, 2.05) is 31.2 Å². The Morgan fingerprint density at radius 1 is 1.04 bits per heavy atom. The van der Waals surface area contributed by atoms with Crippen molar-refractivity contribution in [3.8, 4) is 11.5 Å². The Bertz CT molecular complexity index is 978. The third kappa shape index (κ3) is 4.10. The Morgan fingerprint density at radius 3 is 2.32 bits per heavy atom. The number of aryl methyl sites for hydroxylation is 2. The highest BCUT2D eigenvalue weighted by Gasteiger charge is 2.17. The van der Waals surface area contributed by atoms with Gasteiger partial charge in [-0.25, -0.2) is 18.1 Å². The van der Waals surface area contributed by atoms with Crippen LogP contribution in [0.15, 0.2) is 57.8 Å². The summed E-state index contributed by atoms with van der Waals surface area (Å²) in [4.78, 5) is 4.56. The SMILES string of the molecule is Cc1ccc(-c2nc(CNS(=O)(=O)c3ccc(Cl)cc3)c(C)o2)cc1. The van der Waals surface area contributed by atoms with E-state index in [4.69, 9.17) is 16.0 Å². The van der Waals surface area contributed by atoms with Crippen molar-refractivity contribution >= 4 is 21.6 Å². The number of aromatic nitrogens is 1. The van der Waals surface area contributed by atoms with E-state index in [0.29, 0.717) is 22.4 Å². The van der Waals surface area contributed by atoms with Gasteiger partial charge in [0.15, 0.2) is 0 Å². The zero-order valence-electron chi connectivity index (χ0n) is 13.8. The molecule has 0 atom stereocenters. The van der Waals surface area contributed by atoms with Crippen LogP contribution in [0.4, 0.5) is 0 Å². The maximum Gasteiger partial charge on any atom is 0.240 e. The van der Waals surface area contributed by atoms with Crippen LogP contribution in [0.2, 0.25) is 5.02 Å². The average molecular weight is 377 g/mol. The predicted octanol–water partition coefficient (Wildman–Crippen LogP) is 4.09. The summed E-state index contributed by atoms with van der Waals surface area (Å²) in [6.45, 7) is 3.81. The zero-order chi connectivity index (χ0) is 18.0. The van der Waals surface area contributed by atoms with Gasteiger partial charge in [-0.1, -0.05) is 29.3 Å². The van der Waals surface area contributed by atoms with Crippen molar-refractivity contribution in [2.45, 2.75) is 25.3 Å². The Labute approximate surface area is 151 Å². The fourth-order valence-electron chi connectivity index (χ4n) is 2.27. The lowest BCUT2D eigenvalue weighted by molar-refractivity contribution is 0.538. The molecule has 0 unspecified atom stereocenters. The first-order valence-electron chi connectivity index (χ1n) is 7.64. The highest BCUT2D eigenvalue weighted by atomic mass is 35.5. The fourth-order valence-corrected chi connectivity index (χ4v) is 3.39. The summed E-state index contributed by atoms with van der Waals surface area (Å²) in [5, 5.41) is 0.481. The van der Waals surface area contributed by atoms with Gasteiger partial charge in [0, 0.05) is 10.6 Å². The van der Waals surface area contributed by atoms with Crippen LogP contribution in [-0.4, -0.2) is 13.4 Å². The van der Waals surface area contributed by atoms with Gasteiger partial charge in [-0.15, -0.1) is 0 Å². The van der Waals surface area contributed by atoms with E-state index in [2.05, 4.69) is 9.71 Å². The number of sulfonamides is 1. The minimum atomic E-state index is -3.64. The molecule has 0 aliphatic rings. The maximum absolute atomic E-state index is 12.3.